The maximum atomic E-state index is 9.57. The summed E-state index contributed by atoms with van der Waals surface area (Å²) in [4.78, 5) is 0. The van der Waals surface area contributed by atoms with Crippen molar-refractivity contribution in [3.63, 3.8) is 0 Å². The van der Waals surface area contributed by atoms with Gasteiger partial charge in [0.25, 0.3) is 0 Å². The highest BCUT2D eigenvalue weighted by atomic mass is 35.5. The van der Waals surface area contributed by atoms with Gasteiger partial charge in [0.2, 0.25) is 0 Å². The summed E-state index contributed by atoms with van der Waals surface area (Å²) in [6.07, 6.45) is 1.48. The van der Waals surface area contributed by atoms with Crippen LogP contribution in [0.4, 0.5) is 11.5 Å². The summed E-state index contributed by atoms with van der Waals surface area (Å²) in [5.41, 5.74) is 3.84. The molecule has 4 rings (SSSR count). The highest BCUT2D eigenvalue weighted by Crippen LogP contribution is 2.25. The van der Waals surface area contributed by atoms with Gasteiger partial charge in [0.15, 0.2) is 17.3 Å². The molecule has 7 heteroatoms. The van der Waals surface area contributed by atoms with Crippen LogP contribution in [-0.4, -0.2) is 24.9 Å². The van der Waals surface area contributed by atoms with E-state index in [-0.39, 0.29) is 5.75 Å². The minimum Gasteiger partial charge on any atom is -0.506 e. The van der Waals surface area contributed by atoms with E-state index in [4.69, 9.17) is 11.6 Å². The van der Waals surface area contributed by atoms with Gasteiger partial charge in [-0.15, -0.1) is 15.3 Å². The summed E-state index contributed by atoms with van der Waals surface area (Å²) >= 11 is 5.99. The normalized spacial score (nSPS) is 11.0. The van der Waals surface area contributed by atoms with E-state index in [1.807, 2.05) is 24.3 Å². The van der Waals surface area contributed by atoms with E-state index in [1.165, 1.54) is 5.56 Å². The second-order valence-electron chi connectivity index (χ2n) is 6.25. The standard InChI is InChI=1S/C20H18ClN5O/c1-2-13-4-3-5-15(10-13)22-18-8-9-19-23-24-20(26(19)25-18)12-14-6-7-17(27)16(21)11-14/h3-11,27H,2,12H2,1H3,(H,22,25). The molecule has 0 radical (unpaired) electrons. The Balaban J connectivity index is 1.63. The van der Waals surface area contributed by atoms with Gasteiger partial charge in [-0.1, -0.05) is 36.7 Å². The van der Waals surface area contributed by atoms with Crippen LogP contribution in [0.15, 0.2) is 54.6 Å². The lowest BCUT2D eigenvalue weighted by Crippen LogP contribution is -2.03. The van der Waals surface area contributed by atoms with Gasteiger partial charge in [-0.05, 0) is 53.9 Å². The summed E-state index contributed by atoms with van der Waals surface area (Å²) in [7, 11) is 0. The molecule has 6 nitrogen and oxygen atoms in total. The molecule has 27 heavy (non-hydrogen) atoms. The van der Waals surface area contributed by atoms with Crippen molar-refractivity contribution in [1.29, 1.82) is 0 Å². The molecule has 0 unspecified atom stereocenters. The van der Waals surface area contributed by atoms with E-state index in [9.17, 15) is 5.11 Å². The van der Waals surface area contributed by atoms with Gasteiger partial charge in [-0.3, -0.25) is 0 Å². The maximum Gasteiger partial charge on any atom is 0.178 e. The zero-order valence-corrected chi connectivity index (χ0v) is 15.5. The number of halogens is 1. The van der Waals surface area contributed by atoms with E-state index in [0.29, 0.717) is 28.7 Å². The molecule has 0 saturated carbocycles. The van der Waals surface area contributed by atoms with Crippen LogP contribution in [0.25, 0.3) is 5.65 Å². The fourth-order valence-electron chi connectivity index (χ4n) is 2.87. The fourth-order valence-corrected chi connectivity index (χ4v) is 3.07. The van der Waals surface area contributed by atoms with Gasteiger partial charge in [0.05, 0.1) is 5.02 Å². The number of phenolic OH excluding ortho intramolecular Hbond substituents is 1. The van der Waals surface area contributed by atoms with E-state index in [2.05, 4.69) is 39.7 Å². The van der Waals surface area contributed by atoms with Crippen LogP contribution in [0.1, 0.15) is 23.9 Å². The minimum atomic E-state index is 0.0606. The first-order valence-corrected chi connectivity index (χ1v) is 9.05. The molecule has 4 aromatic rings. The van der Waals surface area contributed by atoms with Gasteiger partial charge >= 0.3 is 0 Å². The summed E-state index contributed by atoms with van der Waals surface area (Å²) in [5, 5.41) is 26.2. The molecule has 0 spiro atoms. The zero-order valence-electron chi connectivity index (χ0n) is 14.7. The van der Waals surface area contributed by atoms with Crippen molar-refractivity contribution in [3.05, 3.63) is 76.6 Å². The minimum absolute atomic E-state index is 0.0606. The Kier molecular flexibility index (Phi) is 4.64. The van der Waals surface area contributed by atoms with E-state index < -0.39 is 0 Å². The molecule has 0 aliphatic rings. The Morgan fingerprint density at radius 2 is 1.93 bits per heavy atom. The average Bonchev–Trinajstić information content (AvgIpc) is 3.07. The van der Waals surface area contributed by atoms with Crippen LogP contribution < -0.4 is 5.32 Å². The monoisotopic (exact) mass is 379 g/mol. The Morgan fingerprint density at radius 3 is 2.74 bits per heavy atom. The molecule has 0 amide bonds. The lowest BCUT2D eigenvalue weighted by Gasteiger charge is -2.08. The second kappa shape index (κ2) is 7.25. The molecule has 0 aliphatic heterocycles. The van der Waals surface area contributed by atoms with E-state index >= 15 is 0 Å². The first kappa shape index (κ1) is 17.3. The number of nitrogens with one attached hydrogen (secondary N) is 1. The Hall–Kier alpha value is -3.12. The van der Waals surface area contributed by atoms with E-state index in [1.54, 1.807) is 22.7 Å². The number of hydrogen-bond acceptors (Lipinski definition) is 5. The van der Waals surface area contributed by atoms with Gasteiger partial charge in [0, 0.05) is 12.1 Å². The molecule has 0 atom stereocenters. The van der Waals surface area contributed by atoms with Crippen molar-refractivity contribution in [3.8, 4) is 5.75 Å². The quantitative estimate of drug-likeness (QED) is 0.538. The summed E-state index contributed by atoms with van der Waals surface area (Å²) in [6.45, 7) is 2.13. The van der Waals surface area contributed by atoms with Gasteiger partial charge in [0.1, 0.15) is 5.75 Å². The third kappa shape index (κ3) is 3.71. The van der Waals surface area contributed by atoms with Crippen LogP contribution in [0, 0.1) is 0 Å². The Bertz CT molecular complexity index is 1110. The molecule has 2 heterocycles. The average molecular weight is 380 g/mol. The van der Waals surface area contributed by atoms with Crippen molar-refractivity contribution < 1.29 is 5.11 Å². The first-order valence-electron chi connectivity index (χ1n) is 8.67. The molecule has 2 aromatic heterocycles. The van der Waals surface area contributed by atoms with Crippen LogP contribution in [-0.2, 0) is 12.8 Å². The molecular weight excluding hydrogens is 362 g/mol. The smallest absolute Gasteiger partial charge is 0.178 e. The fraction of sp³-hybridized carbons (Fsp3) is 0.150. The number of anilines is 2. The van der Waals surface area contributed by atoms with Gasteiger partial charge in [-0.25, -0.2) is 0 Å². The topological polar surface area (TPSA) is 75.3 Å². The second-order valence-corrected chi connectivity index (χ2v) is 6.65. The van der Waals surface area contributed by atoms with Crippen molar-refractivity contribution in [2.24, 2.45) is 0 Å². The molecule has 136 valence electrons. The lowest BCUT2D eigenvalue weighted by molar-refractivity contribution is 0.475. The number of phenols is 1. The predicted octanol–water partition coefficient (Wildman–Crippen LogP) is 4.38. The van der Waals surface area contributed by atoms with Crippen molar-refractivity contribution in [2.45, 2.75) is 19.8 Å². The van der Waals surface area contributed by atoms with E-state index in [0.717, 1.165) is 17.7 Å². The molecule has 0 bridgehead atoms. The molecule has 2 aromatic carbocycles. The first-order chi connectivity index (χ1) is 13.1. The number of nitrogens with zero attached hydrogens (tertiary/aromatic N) is 4. The van der Waals surface area contributed by atoms with Crippen LogP contribution >= 0.6 is 11.6 Å². The van der Waals surface area contributed by atoms with Gasteiger partial charge < -0.3 is 10.4 Å². The zero-order chi connectivity index (χ0) is 18.8. The number of aromatic nitrogens is 4. The van der Waals surface area contributed by atoms with Crippen LogP contribution in [0.5, 0.6) is 5.75 Å². The summed E-state index contributed by atoms with van der Waals surface area (Å²) in [6, 6.07) is 17.1. The van der Waals surface area contributed by atoms with Gasteiger partial charge in [-0.2, -0.15) is 4.52 Å². The summed E-state index contributed by atoms with van der Waals surface area (Å²) in [5.74, 6) is 1.46. The summed E-state index contributed by atoms with van der Waals surface area (Å²) < 4.78 is 1.72. The highest BCUT2D eigenvalue weighted by molar-refractivity contribution is 6.32. The molecule has 0 aliphatic carbocycles. The predicted molar refractivity (Wildman–Crippen MR) is 106 cm³/mol. The Labute approximate surface area is 161 Å². The maximum absolute atomic E-state index is 9.57. The number of aryl methyl sites for hydroxylation is 1. The van der Waals surface area contributed by atoms with Crippen molar-refractivity contribution in [2.75, 3.05) is 5.32 Å². The number of hydrogen-bond donors (Lipinski definition) is 2. The molecule has 0 fully saturated rings. The lowest BCUT2D eigenvalue weighted by atomic mass is 10.1. The third-order valence-corrected chi connectivity index (χ3v) is 4.61. The SMILES string of the molecule is CCc1cccc(Nc2ccc3nnc(Cc4ccc(O)c(Cl)c4)n3n2)c1. The number of aromatic hydroxyl groups is 1. The van der Waals surface area contributed by atoms with Crippen molar-refractivity contribution >= 4 is 28.8 Å². The molecule has 0 saturated heterocycles. The number of rotatable bonds is 5. The van der Waals surface area contributed by atoms with Crippen molar-refractivity contribution in [1.82, 2.24) is 19.8 Å². The third-order valence-electron chi connectivity index (χ3n) is 4.31. The van der Waals surface area contributed by atoms with Crippen LogP contribution in [0.3, 0.4) is 0 Å². The largest absolute Gasteiger partial charge is 0.506 e. The molecule has 2 N–H and O–H groups in total. The Morgan fingerprint density at radius 1 is 1.04 bits per heavy atom. The highest BCUT2D eigenvalue weighted by Gasteiger charge is 2.10. The molecular formula is C20H18ClN5O. The number of benzene rings is 2. The number of fused-ring (bicyclic) bond motifs is 1. The van der Waals surface area contributed by atoms with Crippen LogP contribution in [0.2, 0.25) is 5.02 Å².